The summed E-state index contributed by atoms with van der Waals surface area (Å²) in [7, 11) is 0. The van der Waals surface area contributed by atoms with Crippen LogP contribution >= 0.6 is 0 Å². The Morgan fingerprint density at radius 1 is 1.00 bits per heavy atom. The smallest absolute Gasteiger partial charge is 0.371 e. The van der Waals surface area contributed by atoms with Gasteiger partial charge in [-0.1, -0.05) is 30.3 Å². The first kappa shape index (κ1) is 18.3. The molecule has 0 saturated carbocycles. The molecule has 2 heterocycles. The van der Waals surface area contributed by atoms with E-state index in [1.54, 1.807) is 0 Å². The second-order valence-corrected chi connectivity index (χ2v) is 6.66. The van der Waals surface area contributed by atoms with Crippen LogP contribution in [0, 0.1) is 0 Å². The lowest BCUT2D eigenvalue weighted by Crippen LogP contribution is -3.26. The molecular formula is C19H30N2O4+2. The number of hydrogen-bond acceptors (Lipinski definition) is 4. The Morgan fingerprint density at radius 3 is 2.12 bits per heavy atom. The van der Waals surface area contributed by atoms with Crippen molar-refractivity contribution in [2.24, 2.45) is 0 Å². The molecule has 0 radical (unpaired) electrons. The summed E-state index contributed by atoms with van der Waals surface area (Å²) in [4.78, 5) is 15.7. The number of quaternary nitrogens is 2. The van der Waals surface area contributed by atoms with Crippen LogP contribution in [0.25, 0.3) is 0 Å². The van der Waals surface area contributed by atoms with E-state index in [4.69, 9.17) is 14.2 Å². The standard InChI is InChI=1S/C19H28N2O4/c1-2-25-19(22)18(21-10-14-24-15-11-21)17(16-6-4-3-5-7-16)20-8-12-23-13-9-20/h3-7,17-18H,2,8-15H2,1H3/p+2/t17-,18+/m1/s1. The van der Waals surface area contributed by atoms with Crippen molar-refractivity contribution in [3.05, 3.63) is 35.9 Å². The van der Waals surface area contributed by atoms with E-state index in [2.05, 4.69) is 24.3 Å². The number of carbonyl (C=O) groups is 1. The summed E-state index contributed by atoms with van der Waals surface area (Å²) < 4.78 is 16.6. The molecule has 3 rings (SSSR count). The number of nitrogens with one attached hydrogen (secondary N) is 2. The van der Waals surface area contributed by atoms with Gasteiger partial charge in [-0.25, -0.2) is 4.79 Å². The van der Waals surface area contributed by atoms with Gasteiger partial charge in [0, 0.05) is 5.56 Å². The fourth-order valence-corrected chi connectivity index (χ4v) is 3.98. The fraction of sp³-hybridized carbons (Fsp3) is 0.632. The van der Waals surface area contributed by atoms with Crippen LogP contribution in [0.2, 0.25) is 0 Å². The van der Waals surface area contributed by atoms with Crippen molar-refractivity contribution >= 4 is 5.97 Å². The monoisotopic (exact) mass is 350 g/mol. The van der Waals surface area contributed by atoms with Crippen molar-refractivity contribution in [2.75, 3.05) is 59.2 Å². The zero-order valence-corrected chi connectivity index (χ0v) is 15.0. The van der Waals surface area contributed by atoms with Crippen LogP contribution in [0.15, 0.2) is 30.3 Å². The molecule has 0 bridgehead atoms. The molecule has 138 valence electrons. The molecule has 2 N–H and O–H groups in total. The molecular weight excluding hydrogens is 320 g/mol. The third-order valence-electron chi connectivity index (χ3n) is 5.18. The van der Waals surface area contributed by atoms with E-state index in [1.807, 2.05) is 13.0 Å². The number of benzene rings is 1. The van der Waals surface area contributed by atoms with E-state index < -0.39 is 0 Å². The average molecular weight is 350 g/mol. The van der Waals surface area contributed by atoms with E-state index in [0.717, 1.165) is 39.4 Å². The number of hydrogen-bond donors (Lipinski definition) is 2. The second kappa shape index (κ2) is 9.29. The van der Waals surface area contributed by atoms with Gasteiger partial charge in [-0.15, -0.1) is 0 Å². The van der Waals surface area contributed by atoms with Gasteiger partial charge in [-0.3, -0.25) is 0 Å². The normalized spacial score (nSPS) is 22.3. The van der Waals surface area contributed by atoms with Gasteiger partial charge in [-0.05, 0) is 6.92 Å². The van der Waals surface area contributed by atoms with Crippen molar-refractivity contribution in [2.45, 2.75) is 19.0 Å². The first-order valence-electron chi connectivity index (χ1n) is 9.37. The first-order chi connectivity index (χ1) is 12.3. The molecule has 2 fully saturated rings. The minimum Gasteiger partial charge on any atom is -0.461 e. The molecule has 2 saturated heterocycles. The number of ether oxygens (including phenoxy) is 3. The molecule has 0 amide bonds. The zero-order valence-electron chi connectivity index (χ0n) is 15.0. The van der Waals surface area contributed by atoms with Crippen LogP contribution in [0.5, 0.6) is 0 Å². The molecule has 25 heavy (non-hydrogen) atoms. The maximum atomic E-state index is 13.0. The fourth-order valence-electron chi connectivity index (χ4n) is 3.98. The Labute approximate surface area is 149 Å². The van der Waals surface area contributed by atoms with Gasteiger partial charge in [0.1, 0.15) is 26.2 Å². The van der Waals surface area contributed by atoms with Gasteiger partial charge in [0.25, 0.3) is 0 Å². The number of morpholine rings is 2. The predicted octanol–water partition coefficient (Wildman–Crippen LogP) is -1.51. The molecule has 0 spiro atoms. The van der Waals surface area contributed by atoms with Crippen LogP contribution in [-0.4, -0.2) is 71.2 Å². The molecule has 2 aliphatic rings. The zero-order chi connectivity index (χ0) is 17.5. The SMILES string of the molecule is CCOC(=O)[C@H]([C@@H](c1ccccc1)[NH+]1CCOCC1)[NH+]1CCOCC1. The van der Waals surface area contributed by atoms with Crippen LogP contribution in [0.1, 0.15) is 18.5 Å². The quantitative estimate of drug-likeness (QED) is 0.613. The highest BCUT2D eigenvalue weighted by Gasteiger charge is 2.46. The van der Waals surface area contributed by atoms with Gasteiger partial charge >= 0.3 is 5.97 Å². The number of rotatable bonds is 6. The molecule has 0 unspecified atom stereocenters. The molecule has 6 nitrogen and oxygen atoms in total. The lowest BCUT2D eigenvalue weighted by molar-refractivity contribution is -0.999. The number of carbonyl (C=O) groups excluding carboxylic acids is 1. The maximum Gasteiger partial charge on any atom is 0.371 e. The third-order valence-corrected chi connectivity index (χ3v) is 5.18. The highest BCUT2D eigenvalue weighted by atomic mass is 16.5. The molecule has 0 aliphatic carbocycles. The van der Waals surface area contributed by atoms with Crippen LogP contribution < -0.4 is 9.80 Å². The predicted molar refractivity (Wildman–Crippen MR) is 92.6 cm³/mol. The minimum absolute atomic E-state index is 0.0808. The van der Waals surface area contributed by atoms with Crippen LogP contribution in [-0.2, 0) is 19.0 Å². The highest BCUT2D eigenvalue weighted by Crippen LogP contribution is 2.14. The lowest BCUT2D eigenvalue weighted by Gasteiger charge is -2.39. The van der Waals surface area contributed by atoms with Gasteiger partial charge in [0.15, 0.2) is 6.04 Å². The summed E-state index contributed by atoms with van der Waals surface area (Å²) in [5.41, 5.74) is 1.21. The van der Waals surface area contributed by atoms with E-state index >= 15 is 0 Å². The van der Waals surface area contributed by atoms with Gasteiger partial charge in [0.05, 0.1) is 33.0 Å². The summed E-state index contributed by atoms with van der Waals surface area (Å²) >= 11 is 0. The summed E-state index contributed by atoms with van der Waals surface area (Å²) in [6.07, 6.45) is 0. The van der Waals surface area contributed by atoms with Crippen molar-refractivity contribution in [1.82, 2.24) is 0 Å². The molecule has 6 heteroatoms. The molecule has 0 aromatic heterocycles. The first-order valence-corrected chi connectivity index (χ1v) is 9.37. The Kier molecular flexibility index (Phi) is 6.81. The largest absolute Gasteiger partial charge is 0.461 e. The van der Waals surface area contributed by atoms with Crippen LogP contribution in [0.4, 0.5) is 0 Å². The number of esters is 1. The summed E-state index contributed by atoms with van der Waals surface area (Å²) in [5, 5.41) is 0. The molecule has 1 aromatic carbocycles. The Balaban J connectivity index is 1.93. The maximum absolute atomic E-state index is 13.0. The van der Waals surface area contributed by atoms with Gasteiger partial charge in [0.2, 0.25) is 6.04 Å². The summed E-state index contributed by atoms with van der Waals surface area (Å²) in [5.74, 6) is -0.0905. The van der Waals surface area contributed by atoms with E-state index in [1.165, 1.54) is 15.4 Å². The minimum atomic E-state index is -0.209. The Bertz CT molecular complexity index is 527. The van der Waals surface area contributed by atoms with E-state index in [0.29, 0.717) is 19.8 Å². The lowest BCUT2D eigenvalue weighted by atomic mass is 9.95. The van der Waals surface area contributed by atoms with Gasteiger partial charge in [-0.2, -0.15) is 0 Å². The van der Waals surface area contributed by atoms with Crippen molar-refractivity contribution in [3.63, 3.8) is 0 Å². The van der Waals surface area contributed by atoms with Crippen molar-refractivity contribution < 1.29 is 28.8 Å². The second-order valence-electron chi connectivity index (χ2n) is 6.66. The molecule has 1 aromatic rings. The summed E-state index contributed by atoms with van der Waals surface area (Å²) in [6, 6.07) is 10.3. The summed E-state index contributed by atoms with van der Waals surface area (Å²) in [6.45, 7) is 8.70. The van der Waals surface area contributed by atoms with Crippen LogP contribution in [0.3, 0.4) is 0 Å². The Hall–Kier alpha value is -1.47. The Morgan fingerprint density at radius 2 is 1.56 bits per heavy atom. The van der Waals surface area contributed by atoms with Crippen molar-refractivity contribution in [3.8, 4) is 0 Å². The average Bonchev–Trinajstić information content (AvgIpc) is 2.68. The van der Waals surface area contributed by atoms with Gasteiger partial charge < -0.3 is 24.0 Å². The van der Waals surface area contributed by atoms with E-state index in [9.17, 15) is 4.79 Å². The third kappa shape index (κ3) is 4.58. The van der Waals surface area contributed by atoms with Crippen molar-refractivity contribution in [1.29, 1.82) is 0 Å². The molecule has 2 aliphatic heterocycles. The highest BCUT2D eigenvalue weighted by molar-refractivity contribution is 5.75. The van der Waals surface area contributed by atoms with E-state index in [-0.39, 0.29) is 18.1 Å². The topological polar surface area (TPSA) is 53.6 Å². The molecule has 2 atom stereocenters.